The number of hydrogen-bond donors (Lipinski definition) is 1. The van der Waals surface area contributed by atoms with Crippen LogP contribution in [-0.4, -0.2) is 40.1 Å². The standard InChI is InChI=1S/C12H16N2O2/c15-12(16)9-14(11-4-5-11)8-6-10-3-1-2-7-13-10/h1-3,7,11H,4-6,8-9H2,(H,15,16). The monoisotopic (exact) mass is 220 g/mol. The van der Waals surface area contributed by atoms with E-state index in [4.69, 9.17) is 5.11 Å². The second-order valence-electron chi connectivity index (χ2n) is 4.17. The van der Waals surface area contributed by atoms with Crippen LogP contribution in [0.15, 0.2) is 24.4 Å². The number of nitrogens with zero attached hydrogens (tertiary/aromatic N) is 2. The van der Waals surface area contributed by atoms with Crippen molar-refractivity contribution in [3.8, 4) is 0 Å². The van der Waals surface area contributed by atoms with Crippen LogP contribution in [0.4, 0.5) is 0 Å². The number of pyridine rings is 1. The van der Waals surface area contributed by atoms with E-state index in [2.05, 4.69) is 4.98 Å². The lowest BCUT2D eigenvalue weighted by Gasteiger charge is -2.19. The number of carboxylic acids is 1. The molecule has 0 unspecified atom stereocenters. The highest BCUT2D eigenvalue weighted by Gasteiger charge is 2.29. The quantitative estimate of drug-likeness (QED) is 0.782. The van der Waals surface area contributed by atoms with Crippen LogP contribution < -0.4 is 0 Å². The maximum atomic E-state index is 10.7. The van der Waals surface area contributed by atoms with Crippen molar-refractivity contribution in [1.82, 2.24) is 9.88 Å². The molecule has 1 fully saturated rings. The maximum Gasteiger partial charge on any atom is 0.317 e. The molecule has 4 heteroatoms. The van der Waals surface area contributed by atoms with E-state index in [0.29, 0.717) is 6.04 Å². The Bertz CT molecular complexity index is 349. The summed E-state index contributed by atoms with van der Waals surface area (Å²) < 4.78 is 0. The van der Waals surface area contributed by atoms with Crippen LogP contribution in [0.1, 0.15) is 18.5 Å². The van der Waals surface area contributed by atoms with Gasteiger partial charge in [-0.25, -0.2) is 0 Å². The first-order valence-electron chi connectivity index (χ1n) is 5.61. The molecule has 1 aromatic rings. The zero-order valence-electron chi connectivity index (χ0n) is 9.17. The summed E-state index contributed by atoms with van der Waals surface area (Å²) in [5.74, 6) is -0.743. The minimum atomic E-state index is -0.743. The van der Waals surface area contributed by atoms with E-state index in [9.17, 15) is 4.79 Å². The van der Waals surface area contributed by atoms with E-state index in [-0.39, 0.29) is 6.54 Å². The maximum absolute atomic E-state index is 10.7. The average molecular weight is 220 g/mol. The molecular formula is C12H16N2O2. The van der Waals surface area contributed by atoms with Crippen molar-refractivity contribution in [1.29, 1.82) is 0 Å². The lowest BCUT2D eigenvalue weighted by Crippen LogP contribution is -2.33. The summed E-state index contributed by atoms with van der Waals surface area (Å²) in [5.41, 5.74) is 1.03. The molecule has 0 aliphatic heterocycles. The van der Waals surface area contributed by atoms with E-state index in [1.807, 2.05) is 23.1 Å². The van der Waals surface area contributed by atoms with Gasteiger partial charge in [-0.1, -0.05) is 6.07 Å². The lowest BCUT2D eigenvalue weighted by atomic mass is 10.2. The van der Waals surface area contributed by atoms with Crippen molar-refractivity contribution < 1.29 is 9.90 Å². The van der Waals surface area contributed by atoms with E-state index in [0.717, 1.165) is 31.5 Å². The number of aliphatic carboxylic acids is 1. The second kappa shape index (κ2) is 5.07. The highest BCUT2D eigenvalue weighted by atomic mass is 16.4. The Morgan fingerprint density at radius 3 is 2.88 bits per heavy atom. The Hall–Kier alpha value is -1.42. The summed E-state index contributed by atoms with van der Waals surface area (Å²) in [6, 6.07) is 6.31. The van der Waals surface area contributed by atoms with Gasteiger partial charge in [0.25, 0.3) is 0 Å². The Labute approximate surface area is 94.9 Å². The van der Waals surface area contributed by atoms with Crippen molar-refractivity contribution in [2.24, 2.45) is 0 Å². The van der Waals surface area contributed by atoms with Crippen LogP contribution in [-0.2, 0) is 11.2 Å². The first-order chi connectivity index (χ1) is 7.75. The molecule has 4 nitrogen and oxygen atoms in total. The van der Waals surface area contributed by atoms with Crippen molar-refractivity contribution in [3.05, 3.63) is 30.1 Å². The van der Waals surface area contributed by atoms with Gasteiger partial charge >= 0.3 is 5.97 Å². The first-order valence-corrected chi connectivity index (χ1v) is 5.61. The number of hydrogen-bond acceptors (Lipinski definition) is 3. The molecular weight excluding hydrogens is 204 g/mol. The summed E-state index contributed by atoms with van der Waals surface area (Å²) >= 11 is 0. The molecule has 1 aliphatic carbocycles. The molecule has 0 spiro atoms. The number of aromatic nitrogens is 1. The zero-order valence-corrected chi connectivity index (χ0v) is 9.17. The van der Waals surface area contributed by atoms with E-state index >= 15 is 0 Å². The van der Waals surface area contributed by atoms with Gasteiger partial charge in [0, 0.05) is 30.9 Å². The van der Waals surface area contributed by atoms with Gasteiger partial charge in [0.05, 0.1) is 6.54 Å². The van der Waals surface area contributed by atoms with Crippen molar-refractivity contribution >= 4 is 5.97 Å². The molecule has 1 N–H and O–H groups in total. The molecule has 86 valence electrons. The largest absolute Gasteiger partial charge is 0.480 e. The normalized spacial score (nSPS) is 15.3. The number of carboxylic acid groups (broad SMARTS) is 1. The summed E-state index contributed by atoms with van der Waals surface area (Å²) in [5, 5.41) is 8.80. The van der Waals surface area contributed by atoms with Crippen LogP contribution >= 0.6 is 0 Å². The molecule has 0 saturated heterocycles. The van der Waals surface area contributed by atoms with Crippen LogP contribution in [0.5, 0.6) is 0 Å². The van der Waals surface area contributed by atoms with Crippen LogP contribution in [0, 0.1) is 0 Å². The third kappa shape index (κ3) is 3.31. The fourth-order valence-electron chi connectivity index (χ4n) is 1.81. The Morgan fingerprint density at radius 1 is 1.50 bits per heavy atom. The zero-order chi connectivity index (χ0) is 11.4. The van der Waals surface area contributed by atoms with Gasteiger partial charge in [0.15, 0.2) is 0 Å². The average Bonchev–Trinajstić information content (AvgIpc) is 3.09. The van der Waals surface area contributed by atoms with E-state index < -0.39 is 5.97 Å². The first kappa shape index (κ1) is 11.1. The van der Waals surface area contributed by atoms with Crippen LogP contribution in [0.25, 0.3) is 0 Å². The summed E-state index contributed by atoms with van der Waals surface area (Å²) in [6.45, 7) is 0.936. The third-order valence-electron chi connectivity index (χ3n) is 2.78. The number of carbonyl (C=O) groups is 1. The van der Waals surface area contributed by atoms with Crippen LogP contribution in [0.2, 0.25) is 0 Å². The molecule has 0 bridgehead atoms. The lowest BCUT2D eigenvalue weighted by molar-refractivity contribution is -0.138. The van der Waals surface area contributed by atoms with Crippen molar-refractivity contribution in [3.63, 3.8) is 0 Å². The molecule has 0 radical (unpaired) electrons. The predicted molar refractivity (Wildman–Crippen MR) is 60.2 cm³/mol. The molecule has 1 aromatic heterocycles. The number of rotatable bonds is 6. The molecule has 0 aromatic carbocycles. The predicted octanol–water partition coefficient (Wildman–Crippen LogP) is 1.17. The van der Waals surface area contributed by atoms with Gasteiger partial charge in [-0.15, -0.1) is 0 Å². The van der Waals surface area contributed by atoms with Crippen LogP contribution in [0.3, 0.4) is 0 Å². The van der Waals surface area contributed by atoms with Gasteiger partial charge in [-0.3, -0.25) is 14.7 Å². The Kier molecular flexibility index (Phi) is 3.51. The van der Waals surface area contributed by atoms with Crippen molar-refractivity contribution in [2.45, 2.75) is 25.3 Å². The topological polar surface area (TPSA) is 53.4 Å². The van der Waals surface area contributed by atoms with Gasteiger partial charge in [-0.2, -0.15) is 0 Å². The van der Waals surface area contributed by atoms with Gasteiger partial charge in [0.2, 0.25) is 0 Å². The SMILES string of the molecule is O=C(O)CN(CCc1ccccn1)C1CC1. The minimum absolute atomic E-state index is 0.150. The fourth-order valence-corrected chi connectivity index (χ4v) is 1.81. The Balaban J connectivity index is 1.84. The minimum Gasteiger partial charge on any atom is -0.480 e. The molecule has 1 heterocycles. The van der Waals surface area contributed by atoms with E-state index in [1.165, 1.54) is 0 Å². The molecule has 1 saturated carbocycles. The molecule has 0 amide bonds. The van der Waals surface area contributed by atoms with Gasteiger partial charge in [-0.05, 0) is 25.0 Å². The third-order valence-corrected chi connectivity index (χ3v) is 2.78. The summed E-state index contributed by atoms with van der Waals surface area (Å²) in [4.78, 5) is 17.0. The van der Waals surface area contributed by atoms with E-state index in [1.54, 1.807) is 6.20 Å². The second-order valence-corrected chi connectivity index (χ2v) is 4.17. The summed E-state index contributed by atoms with van der Waals surface area (Å²) in [6.07, 6.45) is 4.86. The smallest absolute Gasteiger partial charge is 0.317 e. The molecule has 2 rings (SSSR count). The molecule has 1 aliphatic rings. The highest BCUT2D eigenvalue weighted by Crippen LogP contribution is 2.26. The van der Waals surface area contributed by atoms with Gasteiger partial charge in [0.1, 0.15) is 0 Å². The van der Waals surface area contributed by atoms with Crippen molar-refractivity contribution in [2.75, 3.05) is 13.1 Å². The molecule has 0 atom stereocenters. The Morgan fingerprint density at radius 2 is 2.31 bits per heavy atom. The van der Waals surface area contributed by atoms with Gasteiger partial charge < -0.3 is 5.11 Å². The summed E-state index contributed by atoms with van der Waals surface area (Å²) in [7, 11) is 0. The molecule has 16 heavy (non-hydrogen) atoms. The highest BCUT2D eigenvalue weighted by molar-refractivity contribution is 5.69. The fraction of sp³-hybridized carbons (Fsp3) is 0.500.